The van der Waals surface area contributed by atoms with Gasteiger partial charge < -0.3 is 25.3 Å². The molecule has 10 nitrogen and oxygen atoms in total. The first-order chi connectivity index (χ1) is 18.4. The van der Waals surface area contributed by atoms with Crippen molar-refractivity contribution in [1.82, 2.24) is 24.4 Å². The highest BCUT2D eigenvalue weighted by atomic mass is 79.9. The van der Waals surface area contributed by atoms with Gasteiger partial charge in [-0.2, -0.15) is 0 Å². The molecule has 3 aromatic heterocycles. The molecule has 4 heterocycles. The Bertz CT molecular complexity index is 1660. The van der Waals surface area contributed by atoms with Crippen molar-refractivity contribution in [2.24, 2.45) is 5.41 Å². The third-order valence-corrected chi connectivity index (χ3v) is 7.80. The highest BCUT2D eigenvalue weighted by molar-refractivity contribution is 9.10. The van der Waals surface area contributed by atoms with Crippen LogP contribution in [-0.2, 0) is 16.1 Å². The number of hydrogen-bond donors (Lipinski definition) is 2. The summed E-state index contributed by atoms with van der Waals surface area (Å²) in [6, 6.07) is 8.10. The van der Waals surface area contributed by atoms with Gasteiger partial charge >= 0.3 is 6.36 Å². The van der Waals surface area contributed by atoms with E-state index < -0.39 is 18.2 Å². The summed E-state index contributed by atoms with van der Waals surface area (Å²) in [5.41, 5.74) is 6.62. The van der Waals surface area contributed by atoms with Gasteiger partial charge in [-0.25, -0.2) is 15.0 Å². The fraction of sp³-hybridized carbons (Fsp3) is 0.320. The van der Waals surface area contributed by atoms with E-state index in [1.165, 1.54) is 18.5 Å². The van der Waals surface area contributed by atoms with Crippen molar-refractivity contribution in [2.45, 2.75) is 44.8 Å². The monoisotopic (exact) mass is 603 g/mol. The Morgan fingerprint density at radius 1 is 1.23 bits per heavy atom. The van der Waals surface area contributed by atoms with Gasteiger partial charge in [-0.15, -0.1) is 13.2 Å². The number of aromatic nitrogens is 4. The lowest BCUT2D eigenvalue weighted by Crippen LogP contribution is -2.46. The molecule has 0 spiro atoms. The van der Waals surface area contributed by atoms with E-state index in [0.717, 1.165) is 12.5 Å². The van der Waals surface area contributed by atoms with Crippen LogP contribution in [0.25, 0.3) is 21.9 Å². The average Bonchev–Trinajstić information content (AvgIpc) is 3.26. The van der Waals surface area contributed by atoms with Crippen molar-refractivity contribution in [1.29, 1.82) is 0 Å². The first kappa shape index (κ1) is 25.3. The Morgan fingerprint density at radius 2 is 2.03 bits per heavy atom. The molecule has 1 unspecified atom stereocenters. The number of halogens is 4. The highest BCUT2D eigenvalue weighted by Crippen LogP contribution is 2.59. The lowest BCUT2D eigenvalue weighted by atomic mass is 10.0. The van der Waals surface area contributed by atoms with Gasteiger partial charge in [-0.3, -0.25) is 9.59 Å². The molecule has 2 aliphatic rings. The smallest absolute Gasteiger partial charge is 0.406 e. The van der Waals surface area contributed by atoms with Gasteiger partial charge in [0.15, 0.2) is 0 Å². The first-order valence-corrected chi connectivity index (χ1v) is 12.8. The Morgan fingerprint density at radius 3 is 2.77 bits per heavy atom. The maximum atomic E-state index is 13.8. The second-order valence-corrected chi connectivity index (χ2v) is 10.8. The van der Waals surface area contributed by atoms with Gasteiger partial charge in [0.05, 0.1) is 10.9 Å². The van der Waals surface area contributed by atoms with Gasteiger partial charge in [0.25, 0.3) is 0 Å². The fourth-order valence-corrected chi connectivity index (χ4v) is 5.88. The topological polar surface area (TPSA) is 128 Å². The zero-order valence-electron chi connectivity index (χ0n) is 20.4. The Kier molecular flexibility index (Phi) is 5.72. The number of anilines is 2. The number of likely N-dealkylation sites (tertiary alicyclic amines) is 1. The number of ether oxygens (including phenoxy) is 1. The van der Waals surface area contributed by atoms with Crippen molar-refractivity contribution >= 4 is 61.3 Å². The molecule has 1 aromatic carbocycles. The minimum Gasteiger partial charge on any atom is -0.406 e. The lowest BCUT2D eigenvalue weighted by Gasteiger charge is -2.27. The molecule has 0 bridgehead atoms. The van der Waals surface area contributed by atoms with Gasteiger partial charge in [-0.05, 0) is 64.5 Å². The van der Waals surface area contributed by atoms with Crippen molar-refractivity contribution in [2.75, 3.05) is 11.1 Å². The van der Waals surface area contributed by atoms with Crippen LogP contribution >= 0.6 is 15.9 Å². The predicted molar refractivity (Wildman–Crippen MR) is 138 cm³/mol. The summed E-state index contributed by atoms with van der Waals surface area (Å²) < 4.78 is 44.8. The fourth-order valence-electron chi connectivity index (χ4n) is 5.54. The summed E-state index contributed by atoms with van der Waals surface area (Å²) in [6.45, 7) is 1.83. The van der Waals surface area contributed by atoms with Crippen LogP contribution in [-0.4, -0.2) is 54.7 Å². The molecule has 3 atom stereocenters. The largest absolute Gasteiger partial charge is 0.573 e. The van der Waals surface area contributed by atoms with Crippen molar-refractivity contribution in [3.05, 3.63) is 47.3 Å². The quantitative estimate of drug-likeness (QED) is 0.326. The van der Waals surface area contributed by atoms with Crippen LogP contribution in [0, 0.1) is 5.41 Å². The molecule has 2 fully saturated rings. The number of pyridine rings is 1. The van der Waals surface area contributed by atoms with E-state index in [0.29, 0.717) is 33.1 Å². The van der Waals surface area contributed by atoms with Crippen LogP contribution in [0.15, 0.2) is 47.3 Å². The molecular weight excluding hydrogens is 583 g/mol. The van der Waals surface area contributed by atoms with Gasteiger partial charge in [-0.1, -0.05) is 13.0 Å². The summed E-state index contributed by atoms with van der Waals surface area (Å²) in [5, 5.41) is 3.41. The van der Waals surface area contributed by atoms with Gasteiger partial charge in [0.2, 0.25) is 11.8 Å². The highest BCUT2D eigenvalue weighted by Gasteiger charge is 2.64. The number of carbonyl (C=O) groups is 2. The number of piperidine rings is 1. The van der Waals surface area contributed by atoms with Crippen molar-refractivity contribution in [3.8, 4) is 5.75 Å². The summed E-state index contributed by atoms with van der Waals surface area (Å²) in [6.07, 6.45) is -2.38. The summed E-state index contributed by atoms with van der Waals surface area (Å²) >= 11 is 3.28. The van der Waals surface area contributed by atoms with E-state index in [-0.39, 0.29) is 41.3 Å². The molecule has 0 radical (unpaired) electrons. The maximum Gasteiger partial charge on any atom is 0.573 e. The number of fused-ring (bicyclic) bond motifs is 4. The van der Waals surface area contributed by atoms with Crippen LogP contribution < -0.4 is 15.8 Å². The number of hydrogen-bond acceptors (Lipinski definition) is 7. The molecule has 202 valence electrons. The lowest BCUT2D eigenvalue weighted by molar-refractivity contribution is -0.274. The van der Waals surface area contributed by atoms with Crippen molar-refractivity contribution < 1.29 is 27.5 Å². The van der Waals surface area contributed by atoms with Crippen molar-refractivity contribution in [3.63, 3.8) is 0 Å². The van der Waals surface area contributed by atoms with E-state index in [1.54, 1.807) is 27.7 Å². The minimum atomic E-state index is -4.88. The zero-order chi connectivity index (χ0) is 27.7. The number of rotatable bonds is 5. The van der Waals surface area contributed by atoms with Gasteiger partial charge in [0, 0.05) is 11.4 Å². The molecule has 1 saturated carbocycles. The number of carbonyl (C=O) groups excluding carboxylic acids is 2. The molecule has 2 amide bonds. The molecule has 1 saturated heterocycles. The number of benzene rings is 1. The standard InChI is InChI=1S/C25H21BrF3N7O3/c1-24-8-15(23(38)34-18-4-2-3-17(26)33-18)36(16(24)9-24)19(37)10-35-14-6-5-12(39-25(27,28)29)7-13(14)20-21(30)31-11-32-22(20)35/h2-7,11,15-16H,8-10H2,1H3,(H2,30,31,32)(H,33,34,38)/t15?,16-,24-/m0/s1. The molecule has 39 heavy (non-hydrogen) atoms. The van der Waals surface area contributed by atoms with E-state index >= 15 is 0 Å². The SMILES string of the molecule is C[C@@]12CC(C(=O)Nc3cccc(Br)n3)N(C(=O)Cn3c4ccc(OC(F)(F)F)cc4c4c(N)ncnc43)[C@H]1C2. The summed E-state index contributed by atoms with van der Waals surface area (Å²) in [4.78, 5) is 41.1. The van der Waals surface area contributed by atoms with Crippen LogP contribution in [0.5, 0.6) is 5.75 Å². The molecule has 14 heteroatoms. The van der Waals surface area contributed by atoms with E-state index in [4.69, 9.17) is 5.73 Å². The third-order valence-electron chi connectivity index (χ3n) is 7.36. The first-order valence-electron chi connectivity index (χ1n) is 12.0. The molecular formula is C25H21BrF3N7O3. The van der Waals surface area contributed by atoms with E-state index in [9.17, 15) is 22.8 Å². The minimum absolute atomic E-state index is 0.0510. The Labute approximate surface area is 227 Å². The second kappa shape index (κ2) is 8.79. The normalized spacial score (nSPS) is 22.2. The van der Waals surface area contributed by atoms with Gasteiger partial charge in [0.1, 0.15) is 46.5 Å². The molecule has 1 aliphatic carbocycles. The molecule has 1 aliphatic heterocycles. The molecule has 4 aromatic rings. The number of nitrogen functional groups attached to an aromatic ring is 1. The second-order valence-electron chi connectivity index (χ2n) is 10.0. The van der Waals surface area contributed by atoms with E-state index in [2.05, 4.69) is 40.9 Å². The molecule has 6 rings (SSSR count). The van der Waals surface area contributed by atoms with Crippen LogP contribution in [0.1, 0.15) is 19.8 Å². The predicted octanol–water partition coefficient (Wildman–Crippen LogP) is 4.24. The average molecular weight is 604 g/mol. The Hall–Kier alpha value is -3.94. The number of nitrogens with one attached hydrogen (secondary N) is 1. The summed E-state index contributed by atoms with van der Waals surface area (Å²) in [5.74, 6) is -0.691. The number of nitrogens with two attached hydrogens (primary N) is 1. The Balaban J connectivity index is 1.34. The van der Waals surface area contributed by atoms with E-state index in [1.807, 2.05) is 6.92 Å². The number of amides is 2. The third kappa shape index (κ3) is 4.51. The number of nitrogens with zero attached hydrogens (tertiary/aromatic N) is 5. The van der Waals surface area contributed by atoms with Crippen LogP contribution in [0.2, 0.25) is 0 Å². The maximum absolute atomic E-state index is 13.8. The van der Waals surface area contributed by atoms with Crippen LogP contribution in [0.3, 0.4) is 0 Å². The summed E-state index contributed by atoms with van der Waals surface area (Å²) in [7, 11) is 0. The zero-order valence-corrected chi connectivity index (χ0v) is 22.0. The van der Waals surface area contributed by atoms with Crippen LogP contribution in [0.4, 0.5) is 24.8 Å². The number of alkyl halides is 3. The molecule has 3 N–H and O–H groups in total.